The van der Waals surface area contributed by atoms with E-state index in [9.17, 15) is 0 Å². The fraction of sp³-hybridized carbons (Fsp3) is 0.800. The van der Waals surface area contributed by atoms with E-state index in [-0.39, 0.29) is 0 Å². The van der Waals surface area contributed by atoms with E-state index in [1.807, 2.05) is 0 Å². The Balaban J connectivity index is 1.96. The lowest BCUT2D eigenvalue weighted by molar-refractivity contribution is 0.369. The zero-order valence-corrected chi connectivity index (χ0v) is 9.54. The van der Waals surface area contributed by atoms with Crippen LogP contribution < -0.4 is 0 Å². The molecule has 0 spiro atoms. The van der Waals surface area contributed by atoms with Crippen LogP contribution in [0.4, 0.5) is 0 Å². The van der Waals surface area contributed by atoms with E-state index in [4.69, 9.17) is 0 Å². The summed E-state index contributed by atoms with van der Waals surface area (Å²) < 4.78 is 3.02. The zero-order chi connectivity index (χ0) is 8.55. The third-order valence-corrected chi connectivity index (χ3v) is 3.50. The molecule has 0 radical (unpaired) electrons. The molecule has 2 rings (SSSR count). The van der Waals surface area contributed by atoms with Gasteiger partial charge < -0.3 is 4.90 Å². The SMILES string of the molecule is CN1CC2CC(C#CI)CC2C1. The molecule has 2 fully saturated rings. The molecule has 0 aromatic carbocycles. The summed E-state index contributed by atoms with van der Waals surface area (Å²) >= 11 is 2.15. The third kappa shape index (κ3) is 1.62. The van der Waals surface area contributed by atoms with Crippen LogP contribution in [0.2, 0.25) is 0 Å². The molecule has 1 aliphatic carbocycles. The lowest BCUT2D eigenvalue weighted by atomic mass is 10.0. The van der Waals surface area contributed by atoms with E-state index >= 15 is 0 Å². The second-order valence-corrected chi connectivity index (χ2v) is 4.69. The van der Waals surface area contributed by atoms with Gasteiger partial charge in [-0.2, -0.15) is 0 Å². The van der Waals surface area contributed by atoms with Gasteiger partial charge in [-0.25, -0.2) is 0 Å². The molecule has 2 atom stereocenters. The molecule has 0 aromatic rings. The Morgan fingerprint density at radius 1 is 1.25 bits per heavy atom. The molecule has 66 valence electrons. The molecular formula is C10H14IN. The van der Waals surface area contributed by atoms with Crippen molar-refractivity contribution in [2.45, 2.75) is 12.8 Å². The summed E-state index contributed by atoms with van der Waals surface area (Å²) in [4.78, 5) is 2.46. The minimum absolute atomic E-state index is 0.714. The molecular weight excluding hydrogens is 261 g/mol. The van der Waals surface area contributed by atoms with E-state index in [0.717, 1.165) is 11.8 Å². The van der Waals surface area contributed by atoms with Gasteiger partial charge in [0.25, 0.3) is 0 Å². The van der Waals surface area contributed by atoms with Crippen molar-refractivity contribution in [3.05, 3.63) is 0 Å². The maximum absolute atomic E-state index is 3.31. The smallest absolute Gasteiger partial charge is 0.0217 e. The van der Waals surface area contributed by atoms with Crippen molar-refractivity contribution in [1.29, 1.82) is 0 Å². The minimum atomic E-state index is 0.714. The lowest BCUT2D eigenvalue weighted by Gasteiger charge is -2.09. The maximum atomic E-state index is 3.31. The molecule has 2 unspecified atom stereocenters. The fourth-order valence-corrected chi connectivity index (χ4v) is 3.17. The van der Waals surface area contributed by atoms with Crippen molar-refractivity contribution >= 4 is 22.6 Å². The van der Waals surface area contributed by atoms with Gasteiger partial charge in [0.1, 0.15) is 0 Å². The van der Waals surface area contributed by atoms with Crippen LogP contribution in [0.15, 0.2) is 0 Å². The molecule has 12 heavy (non-hydrogen) atoms. The molecule has 1 saturated heterocycles. The summed E-state index contributed by atoms with van der Waals surface area (Å²) in [6.45, 7) is 2.62. The zero-order valence-electron chi connectivity index (χ0n) is 7.39. The van der Waals surface area contributed by atoms with Gasteiger partial charge in [-0.15, -0.1) is 0 Å². The first-order chi connectivity index (χ1) is 5.79. The highest BCUT2D eigenvalue weighted by Gasteiger charge is 2.38. The standard InChI is InChI=1S/C10H14IN/c1-12-6-9-4-8(2-3-11)5-10(9)7-12/h8-10H,4-7H2,1H3. The third-order valence-electron chi connectivity index (χ3n) is 3.19. The van der Waals surface area contributed by atoms with E-state index < -0.39 is 0 Å². The van der Waals surface area contributed by atoms with E-state index in [1.165, 1.54) is 25.9 Å². The molecule has 1 heterocycles. The predicted molar refractivity (Wildman–Crippen MR) is 59.0 cm³/mol. The van der Waals surface area contributed by atoms with Crippen LogP contribution in [0.25, 0.3) is 0 Å². The number of fused-ring (bicyclic) bond motifs is 1. The first kappa shape index (κ1) is 8.83. The van der Waals surface area contributed by atoms with Crippen molar-refractivity contribution in [3.63, 3.8) is 0 Å². The number of nitrogens with zero attached hydrogens (tertiary/aromatic N) is 1. The van der Waals surface area contributed by atoms with Crippen LogP contribution >= 0.6 is 22.6 Å². The number of halogens is 1. The van der Waals surface area contributed by atoms with Gasteiger partial charge in [0.05, 0.1) is 0 Å². The van der Waals surface area contributed by atoms with Crippen molar-refractivity contribution in [1.82, 2.24) is 4.90 Å². The van der Waals surface area contributed by atoms with Crippen molar-refractivity contribution < 1.29 is 0 Å². The number of rotatable bonds is 0. The summed E-state index contributed by atoms with van der Waals surface area (Å²) in [5, 5.41) is 0. The largest absolute Gasteiger partial charge is 0.306 e. The number of hydrogen-bond acceptors (Lipinski definition) is 1. The van der Waals surface area contributed by atoms with Crippen molar-refractivity contribution in [2.24, 2.45) is 17.8 Å². The maximum Gasteiger partial charge on any atom is 0.0217 e. The van der Waals surface area contributed by atoms with E-state index in [2.05, 4.69) is 44.4 Å². The van der Waals surface area contributed by atoms with Crippen LogP contribution in [0.1, 0.15) is 12.8 Å². The summed E-state index contributed by atoms with van der Waals surface area (Å²) in [6.07, 6.45) is 2.70. The highest BCUT2D eigenvalue weighted by Crippen LogP contribution is 2.40. The van der Waals surface area contributed by atoms with Gasteiger partial charge in [-0.3, -0.25) is 0 Å². The van der Waals surface area contributed by atoms with Gasteiger partial charge in [-0.1, -0.05) is 5.92 Å². The van der Waals surface area contributed by atoms with Gasteiger partial charge in [-0.05, 0) is 35.7 Å². The van der Waals surface area contributed by atoms with Crippen LogP contribution in [0.3, 0.4) is 0 Å². The van der Waals surface area contributed by atoms with E-state index in [0.29, 0.717) is 5.92 Å². The van der Waals surface area contributed by atoms with Crippen LogP contribution in [0, 0.1) is 27.6 Å². The first-order valence-corrected chi connectivity index (χ1v) is 5.67. The van der Waals surface area contributed by atoms with Crippen LogP contribution in [-0.4, -0.2) is 25.0 Å². The van der Waals surface area contributed by atoms with Gasteiger partial charge in [0.2, 0.25) is 0 Å². The summed E-state index contributed by atoms with van der Waals surface area (Å²) in [7, 11) is 2.23. The van der Waals surface area contributed by atoms with Gasteiger partial charge in [0.15, 0.2) is 0 Å². The van der Waals surface area contributed by atoms with Gasteiger partial charge >= 0.3 is 0 Å². The Bertz CT molecular complexity index is 214. The molecule has 0 bridgehead atoms. The van der Waals surface area contributed by atoms with Crippen molar-refractivity contribution in [3.8, 4) is 9.85 Å². The summed E-state index contributed by atoms with van der Waals surface area (Å²) in [6, 6.07) is 0. The lowest BCUT2D eigenvalue weighted by Crippen LogP contribution is -2.16. The highest BCUT2D eigenvalue weighted by atomic mass is 127. The Labute approximate surface area is 88.0 Å². The second-order valence-electron chi connectivity index (χ2n) is 4.15. The Hall–Kier alpha value is 0.250. The molecule has 1 nitrogen and oxygen atoms in total. The molecule has 1 aliphatic heterocycles. The molecule has 1 saturated carbocycles. The summed E-state index contributed by atoms with van der Waals surface area (Å²) in [5.41, 5.74) is 0. The summed E-state index contributed by atoms with van der Waals surface area (Å²) in [5.74, 6) is 5.93. The van der Waals surface area contributed by atoms with Gasteiger partial charge in [0, 0.05) is 41.6 Å². The average molecular weight is 275 g/mol. The molecule has 0 aromatic heterocycles. The Morgan fingerprint density at radius 2 is 1.83 bits per heavy atom. The minimum Gasteiger partial charge on any atom is -0.306 e. The molecule has 0 amide bonds. The average Bonchev–Trinajstić information content (AvgIpc) is 2.44. The number of likely N-dealkylation sites (tertiary alicyclic amines) is 1. The molecule has 2 aliphatic rings. The highest BCUT2D eigenvalue weighted by molar-refractivity contribution is 14.1. The number of hydrogen-bond donors (Lipinski definition) is 0. The van der Waals surface area contributed by atoms with Crippen molar-refractivity contribution in [2.75, 3.05) is 20.1 Å². The van der Waals surface area contributed by atoms with E-state index in [1.54, 1.807) is 0 Å². The topological polar surface area (TPSA) is 3.24 Å². The second kappa shape index (κ2) is 3.55. The molecule has 0 N–H and O–H groups in total. The quantitative estimate of drug-likeness (QED) is 0.482. The predicted octanol–water partition coefficient (Wildman–Crippen LogP) is 1.97. The Kier molecular flexibility index (Phi) is 2.61. The van der Waals surface area contributed by atoms with Crippen LogP contribution in [-0.2, 0) is 0 Å². The Morgan fingerprint density at radius 3 is 2.33 bits per heavy atom. The molecule has 2 heteroatoms. The monoisotopic (exact) mass is 275 g/mol. The fourth-order valence-electron chi connectivity index (χ4n) is 2.73. The van der Waals surface area contributed by atoms with Crippen LogP contribution in [0.5, 0.6) is 0 Å². The normalized spacial score (nSPS) is 40.7. The first-order valence-electron chi connectivity index (χ1n) is 4.59.